The predicted molar refractivity (Wildman–Crippen MR) is 97.9 cm³/mol. The summed E-state index contributed by atoms with van der Waals surface area (Å²) in [6.07, 6.45) is 4.56. The van der Waals surface area contributed by atoms with Gasteiger partial charge in [-0.05, 0) is 42.2 Å². The number of nitrogens with one attached hydrogen (secondary N) is 1. The number of hydrogen-bond acceptors (Lipinski definition) is 4. The average molecular weight is 339 g/mol. The summed E-state index contributed by atoms with van der Waals surface area (Å²) in [6.45, 7) is 3.73. The molecule has 2 unspecified atom stereocenters. The summed E-state index contributed by atoms with van der Waals surface area (Å²) >= 11 is 0. The van der Waals surface area contributed by atoms with E-state index < -0.39 is 6.10 Å². The maximum absolute atomic E-state index is 11.6. The van der Waals surface area contributed by atoms with Crippen LogP contribution in [0.5, 0.6) is 0 Å². The van der Waals surface area contributed by atoms with Gasteiger partial charge in [-0.15, -0.1) is 0 Å². The van der Waals surface area contributed by atoms with Gasteiger partial charge >= 0.3 is 0 Å². The van der Waals surface area contributed by atoms with Crippen LogP contribution >= 0.6 is 0 Å². The van der Waals surface area contributed by atoms with E-state index in [2.05, 4.69) is 41.5 Å². The molecule has 1 aromatic carbocycles. The summed E-state index contributed by atoms with van der Waals surface area (Å²) in [4.78, 5) is 17.4. The van der Waals surface area contributed by atoms with Crippen molar-refractivity contribution in [2.24, 2.45) is 0 Å². The van der Waals surface area contributed by atoms with E-state index in [4.69, 9.17) is 0 Å². The lowest BCUT2D eigenvalue weighted by molar-refractivity contribution is -0.128. The first-order valence-corrected chi connectivity index (χ1v) is 8.83. The first kappa shape index (κ1) is 17.6. The van der Waals surface area contributed by atoms with Crippen molar-refractivity contribution in [1.82, 2.24) is 15.2 Å². The van der Waals surface area contributed by atoms with E-state index in [9.17, 15) is 9.90 Å². The number of likely N-dealkylation sites (tertiary alicyclic amines) is 1. The summed E-state index contributed by atoms with van der Waals surface area (Å²) in [5.41, 5.74) is 3.47. The molecule has 2 atom stereocenters. The fourth-order valence-corrected chi connectivity index (χ4v) is 3.16. The fourth-order valence-electron chi connectivity index (χ4n) is 3.16. The Labute approximate surface area is 148 Å². The molecule has 2 heterocycles. The van der Waals surface area contributed by atoms with E-state index in [0.29, 0.717) is 19.5 Å². The van der Waals surface area contributed by atoms with Gasteiger partial charge < -0.3 is 15.3 Å². The molecular formula is C20H25N3O2. The minimum Gasteiger partial charge on any atom is -0.390 e. The highest BCUT2D eigenvalue weighted by atomic mass is 16.3. The van der Waals surface area contributed by atoms with Gasteiger partial charge in [0.1, 0.15) is 0 Å². The molecule has 1 aliphatic heterocycles. The Hall–Kier alpha value is -2.24. The van der Waals surface area contributed by atoms with Gasteiger partial charge in [0, 0.05) is 44.5 Å². The van der Waals surface area contributed by atoms with Crippen LogP contribution in [-0.2, 0) is 4.79 Å². The topological polar surface area (TPSA) is 65.5 Å². The maximum atomic E-state index is 11.6. The zero-order chi connectivity index (χ0) is 17.6. The maximum Gasteiger partial charge on any atom is 0.222 e. The second-order valence-electron chi connectivity index (χ2n) is 6.58. The molecular weight excluding hydrogens is 314 g/mol. The average Bonchev–Trinajstić information content (AvgIpc) is 3.05. The van der Waals surface area contributed by atoms with Crippen LogP contribution in [-0.4, -0.2) is 46.6 Å². The van der Waals surface area contributed by atoms with Gasteiger partial charge in [-0.1, -0.05) is 24.3 Å². The molecule has 3 rings (SSSR count). The Balaban J connectivity index is 1.51. The Morgan fingerprint density at radius 2 is 1.84 bits per heavy atom. The van der Waals surface area contributed by atoms with Crippen molar-refractivity contribution < 1.29 is 9.90 Å². The molecule has 1 amide bonds. The van der Waals surface area contributed by atoms with Crippen molar-refractivity contribution in [2.45, 2.75) is 31.9 Å². The number of rotatable bonds is 7. The molecule has 0 bridgehead atoms. The third kappa shape index (κ3) is 4.65. The van der Waals surface area contributed by atoms with Gasteiger partial charge in [0.15, 0.2) is 0 Å². The predicted octanol–water partition coefficient (Wildman–Crippen LogP) is 2.38. The molecule has 5 nitrogen and oxygen atoms in total. The molecule has 0 saturated carbocycles. The molecule has 0 spiro atoms. The summed E-state index contributed by atoms with van der Waals surface area (Å²) in [6, 6.07) is 12.5. The number of β-amino-alcohol motifs (C(OH)–C–C–N with tert-alkyl or cyclic N) is 1. The molecule has 1 aliphatic rings. The van der Waals surface area contributed by atoms with E-state index in [1.54, 1.807) is 17.3 Å². The number of pyridine rings is 1. The van der Waals surface area contributed by atoms with Crippen molar-refractivity contribution in [2.75, 3.05) is 19.6 Å². The van der Waals surface area contributed by atoms with Gasteiger partial charge in [-0.25, -0.2) is 0 Å². The van der Waals surface area contributed by atoms with Gasteiger partial charge in [0.2, 0.25) is 5.91 Å². The van der Waals surface area contributed by atoms with Crippen molar-refractivity contribution in [3.63, 3.8) is 0 Å². The molecule has 1 saturated heterocycles. The minimum atomic E-state index is -0.541. The number of carbonyl (C=O) groups is 1. The lowest BCUT2D eigenvalue weighted by atomic mass is 10.0. The quantitative estimate of drug-likeness (QED) is 0.813. The van der Waals surface area contributed by atoms with Crippen LogP contribution < -0.4 is 5.32 Å². The fraction of sp³-hybridized carbons (Fsp3) is 0.400. The van der Waals surface area contributed by atoms with Crippen molar-refractivity contribution in [3.05, 3.63) is 54.4 Å². The highest BCUT2D eigenvalue weighted by Crippen LogP contribution is 2.21. The number of benzene rings is 1. The number of amides is 1. The second kappa shape index (κ2) is 8.23. The lowest BCUT2D eigenvalue weighted by Gasteiger charge is -2.22. The zero-order valence-electron chi connectivity index (χ0n) is 14.6. The summed E-state index contributed by atoms with van der Waals surface area (Å²) in [5, 5.41) is 13.5. The molecule has 1 fully saturated rings. The number of nitrogens with zero attached hydrogens (tertiary/aromatic N) is 2. The third-order valence-corrected chi connectivity index (χ3v) is 4.69. The van der Waals surface area contributed by atoms with Crippen LogP contribution in [0.25, 0.3) is 11.1 Å². The Morgan fingerprint density at radius 3 is 2.48 bits per heavy atom. The van der Waals surface area contributed by atoms with Crippen molar-refractivity contribution in [1.29, 1.82) is 0 Å². The molecule has 25 heavy (non-hydrogen) atoms. The molecule has 2 aromatic rings. The third-order valence-electron chi connectivity index (χ3n) is 4.69. The van der Waals surface area contributed by atoms with Crippen LogP contribution in [0.2, 0.25) is 0 Å². The summed E-state index contributed by atoms with van der Waals surface area (Å²) in [7, 11) is 0. The number of carbonyl (C=O) groups excluding carboxylic acids is 1. The molecule has 132 valence electrons. The standard InChI is InChI=1S/C20H25N3O2/c1-15(22-13-19(24)14-23-12-2-3-20(23)25)16-4-6-17(7-5-16)18-8-10-21-11-9-18/h4-11,15,19,22,24H,2-3,12-14H2,1H3. The smallest absolute Gasteiger partial charge is 0.222 e. The molecule has 2 N–H and O–H groups in total. The number of aliphatic hydroxyl groups is 1. The van der Waals surface area contributed by atoms with E-state index >= 15 is 0 Å². The van der Waals surface area contributed by atoms with Gasteiger partial charge in [0.25, 0.3) is 0 Å². The van der Waals surface area contributed by atoms with Crippen LogP contribution in [0.1, 0.15) is 31.4 Å². The van der Waals surface area contributed by atoms with Crippen LogP contribution in [0.3, 0.4) is 0 Å². The second-order valence-corrected chi connectivity index (χ2v) is 6.58. The van der Waals surface area contributed by atoms with E-state index in [-0.39, 0.29) is 11.9 Å². The van der Waals surface area contributed by atoms with Crippen LogP contribution in [0.15, 0.2) is 48.8 Å². The number of aromatic nitrogens is 1. The molecule has 0 radical (unpaired) electrons. The Morgan fingerprint density at radius 1 is 1.16 bits per heavy atom. The minimum absolute atomic E-state index is 0.135. The van der Waals surface area contributed by atoms with Gasteiger partial charge in [-0.2, -0.15) is 0 Å². The van der Waals surface area contributed by atoms with E-state index in [0.717, 1.165) is 24.1 Å². The molecule has 0 aliphatic carbocycles. The molecule has 5 heteroatoms. The lowest BCUT2D eigenvalue weighted by Crippen LogP contribution is -2.39. The number of hydrogen-bond donors (Lipinski definition) is 2. The van der Waals surface area contributed by atoms with Gasteiger partial charge in [0.05, 0.1) is 6.10 Å². The first-order chi connectivity index (χ1) is 12.1. The van der Waals surface area contributed by atoms with E-state index in [1.165, 1.54) is 5.56 Å². The Kier molecular flexibility index (Phi) is 5.79. The van der Waals surface area contributed by atoms with E-state index in [1.807, 2.05) is 12.1 Å². The van der Waals surface area contributed by atoms with Gasteiger partial charge in [-0.3, -0.25) is 9.78 Å². The summed E-state index contributed by atoms with van der Waals surface area (Å²) in [5.74, 6) is 0.152. The van der Waals surface area contributed by atoms with Crippen molar-refractivity contribution >= 4 is 5.91 Å². The monoisotopic (exact) mass is 339 g/mol. The zero-order valence-corrected chi connectivity index (χ0v) is 14.6. The highest BCUT2D eigenvalue weighted by Gasteiger charge is 2.22. The largest absolute Gasteiger partial charge is 0.390 e. The normalized spacial score (nSPS) is 16.9. The first-order valence-electron chi connectivity index (χ1n) is 8.83. The van der Waals surface area contributed by atoms with Crippen LogP contribution in [0, 0.1) is 0 Å². The Bertz CT molecular complexity index is 688. The SMILES string of the molecule is CC(NCC(O)CN1CCCC1=O)c1ccc(-c2ccncc2)cc1. The van der Waals surface area contributed by atoms with Crippen LogP contribution in [0.4, 0.5) is 0 Å². The highest BCUT2D eigenvalue weighted by molar-refractivity contribution is 5.78. The molecule has 1 aromatic heterocycles. The number of aliphatic hydroxyl groups excluding tert-OH is 1. The summed E-state index contributed by atoms with van der Waals surface area (Å²) < 4.78 is 0. The van der Waals surface area contributed by atoms with Crippen molar-refractivity contribution in [3.8, 4) is 11.1 Å².